The summed E-state index contributed by atoms with van der Waals surface area (Å²) in [5, 5.41) is 2.79. The van der Waals surface area contributed by atoms with Gasteiger partial charge in [0.15, 0.2) is 0 Å². The van der Waals surface area contributed by atoms with E-state index in [1.54, 1.807) is 25.3 Å². The van der Waals surface area contributed by atoms with Crippen molar-refractivity contribution in [2.24, 2.45) is 0 Å². The summed E-state index contributed by atoms with van der Waals surface area (Å²) >= 11 is 0. The molecule has 0 heterocycles. The minimum atomic E-state index is -0.257. The van der Waals surface area contributed by atoms with E-state index in [1.807, 2.05) is 24.3 Å². The highest BCUT2D eigenvalue weighted by molar-refractivity contribution is 5.92. The number of halogens is 1. The van der Waals surface area contributed by atoms with Gasteiger partial charge in [0.2, 0.25) is 5.91 Å². The van der Waals surface area contributed by atoms with Crippen molar-refractivity contribution in [3.05, 3.63) is 71.6 Å². The standard InChI is InChI=1S/C18H18FNO2/c1-22-17-5-3-2-4-15(17)8-11-18(21)20-13-12-14-6-9-16(19)10-7-14/h2-11H,12-13H2,1H3,(H,20,21)/b11-8+. The molecule has 2 aromatic rings. The quantitative estimate of drug-likeness (QED) is 0.832. The lowest BCUT2D eigenvalue weighted by molar-refractivity contribution is -0.116. The van der Waals surface area contributed by atoms with Gasteiger partial charge in [0.1, 0.15) is 11.6 Å². The molecule has 2 aromatic carbocycles. The highest BCUT2D eigenvalue weighted by Gasteiger charge is 2.00. The Labute approximate surface area is 129 Å². The van der Waals surface area contributed by atoms with Crippen LogP contribution >= 0.6 is 0 Å². The fraction of sp³-hybridized carbons (Fsp3) is 0.167. The molecule has 1 amide bonds. The number of para-hydroxylation sites is 1. The van der Waals surface area contributed by atoms with Crippen molar-refractivity contribution in [2.45, 2.75) is 6.42 Å². The molecule has 0 aliphatic carbocycles. The van der Waals surface area contributed by atoms with Crippen LogP contribution < -0.4 is 10.1 Å². The van der Waals surface area contributed by atoms with Gasteiger partial charge in [0.05, 0.1) is 7.11 Å². The number of ether oxygens (including phenoxy) is 1. The average molecular weight is 299 g/mol. The summed E-state index contributed by atoms with van der Waals surface area (Å²) < 4.78 is 18.0. The van der Waals surface area contributed by atoms with E-state index in [-0.39, 0.29) is 11.7 Å². The number of methoxy groups -OCH3 is 1. The van der Waals surface area contributed by atoms with Gasteiger partial charge in [-0.2, -0.15) is 0 Å². The molecule has 4 heteroatoms. The smallest absolute Gasteiger partial charge is 0.244 e. The fourth-order valence-electron chi connectivity index (χ4n) is 2.01. The van der Waals surface area contributed by atoms with E-state index < -0.39 is 0 Å². The zero-order valence-electron chi connectivity index (χ0n) is 12.4. The van der Waals surface area contributed by atoms with Gasteiger partial charge in [-0.1, -0.05) is 30.3 Å². The lowest BCUT2D eigenvalue weighted by atomic mass is 10.1. The Bertz CT molecular complexity index is 650. The minimum absolute atomic E-state index is 0.173. The van der Waals surface area contributed by atoms with Crippen LogP contribution in [-0.4, -0.2) is 19.6 Å². The molecule has 114 valence electrons. The second kappa shape index (κ2) is 7.98. The second-order valence-corrected chi connectivity index (χ2v) is 4.74. The molecular formula is C18H18FNO2. The van der Waals surface area contributed by atoms with Gasteiger partial charge in [-0.15, -0.1) is 0 Å². The van der Waals surface area contributed by atoms with Crippen LogP contribution in [0.3, 0.4) is 0 Å². The summed E-state index contributed by atoms with van der Waals surface area (Å²) in [6.07, 6.45) is 3.85. The number of carbonyl (C=O) groups is 1. The summed E-state index contributed by atoms with van der Waals surface area (Å²) in [4.78, 5) is 11.8. The van der Waals surface area contributed by atoms with Gasteiger partial charge in [0.25, 0.3) is 0 Å². The fourth-order valence-corrected chi connectivity index (χ4v) is 2.01. The third-order valence-electron chi connectivity index (χ3n) is 3.18. The van der Waals surface area contributed by atoms with E-state index in [4.69, 9.17) is 4.74 Å². The topological polar surface area (TPSA) is 38.3 Å². The molecule has 2 rings (SSSR count). The molecule has 0 aliphatic heterocycles. The SMILES string of the molecule is COc1ccccc1/C=C/C(=O)NCCc1ccc(F)cc1. The average Bonchev–Trinajstić information content (AvgIpc) is 2.55. The van der Waals surface area contributed by atoms with Crippen molar-refractivity contribution in [1.82, 2.24) is 5.32 Å². The highest BCUT2D eigenvalue weighted by atomic mass is 19.1. The van der Waals surface area contributed by atoms with Crippen LogP contribution in [0.5, 0.6) is 5.75 Å². The number of nitrogens with one attached hydrogen (secondary N) is 1. The van der Waals surface area contributed by atoms with Gasteiger partial charge in [-0.25, -0.2) is 4.39 Å². The molecule has 0 saturated heterocycles. The van der Waals surface area contributed by atoms with E-state index >= 15 is 0 Å². The Morgan fingerprint density at radius 3 is 2.64 bits per heavy atom. The lowest BCUT2D eigenvalue weighted by Gasteiger charge is -2.04. The van der Waals surface area contributed by atoms with Gasteiger partial charge >= 0.3 is 0 Å². The van der Waals surface area contributed by atoms with Crippen LogP contribution in [0.4, 0.5) is 4.39 Å². The molecule has 0 spiro atoms. The maximum atomic E-state index is 12.8. The molecule has 22 heavy (non-hydrogen) atoms. The predicted octanol–water partition coefficient (Wildman–Crippen LogP) is 3.21. The summed E-state index contributed by atoms with van der Waals surface area (Å²) in [5.74, 6) is 0.290. The number of rotatable bonds is 6. The lowest BCUT2D eigenvalue weighted by Crippen LogP contribution is -2.23. The molecule has 0 aromatic heterocycles. The molecule has 0 atom stereocenters. The molecule has 0 unspecified atom stereocenters. The Hall–Kier alpha value is -2.62. The van der Waals surface area contributed by atoms with E-state index in [0.29, 0.717) is 13.0 Å². The first-order valence-corrected chi connectivity index (χ1v) is 7.02. The number of benzene rings is 2. The number of hydrogen-bond donors (Lipinski definition) is 1. The zero-order valence-corrected chi connectivity index (χ0v) is 12.4. The van der Waals surface area contributed by atoms with Gasteiger partial charge in [-0.3, -0.25) is 4.79 Å². The largest absolute Gasteiger partial charge is 0.496 e. The first-order valence-electron chi connectivity index (χ1n) is 7.02. The number of hydrogen-bond acceptors (Lipinski definition) is 2. The molecule has 0 saturated carbocycles. The van der Waals surface area contributed by atoms with Crippen molar-refractivity contribution in [3.8, 4) is 5.75 Å². The maximum absolute atomic E-state index is 12.8. The van der Waals surface area contributed by atoms with Crippen LogP contribution in [0.1, 0.15) is 11.1 Å². The van der Waals surface area contributed by atoms with Crippen molar-refractivity contribution in [1.29, 1.82) is 0 Å². The first-order chi connectivity index (χ1) is 10.7. The Morgan fingerprint density at radius 2 is 1.91 bits per heavy atom. The van der Waals surface area contributed by atoms with E-state index in [0.717, 1.165) is 16.9 Å². The second-order valence-electron chi connectivity index (χ2n) is 4.74. The van der Waals surface area contributed by atoms with Crippen LogP contribution in [-0.2, 0) is 11.2 Å². The van der Waals surface area contributed by atoms with E-state index in [2.05, 4.69) is 5.32 Å². The van der Waals surface area contributed by atoms with Crippen LogP contribution in [0, 0.1) is 5.82 Å². The zero-order chi connectivity index (χ0) is 15.8. The number of amides is 1. The molecule has 0 aliphatic rings. The third-order valence-corrected chi connectivity index (χ3v) is 3.18. The number of carbonyl (C=O) groups excluding carboxylic acids is 1. The Morgan fingerprint density at radius 1 is 1.18 bits per heavy atom. The molecule has 0 radical (unpaired) electrons. The van der Waals surface area contributed by atoms with Crippen LogP contribution in [0.15, 0.2) is 54.6 Å². The molecule has 1 N–H and O–H groups in total. The molecule has 0 bridgehead atoms. The van der Waals surface area contributed by atoms with Gasteiger partial charge < -0.3 is 10.1 Å². The van der Waals surface area contributed by atoms with Crippen LogP contribution in [0.25, 0.3) is 6.08 Å². The highest BCUT2D eigenvalue weighted by Crippen LogP contribution is 2.18. The third kappa shape index (κ3) is 4.74. The van der Waals surface area contributed by atoms with Gasteiger partial charge in [0, 0.05) is 18.2 Å². The predicted molar refractivity (Wildman–Crippen MR) is 85.1 cm³/mol. The monoisotopic (exact) mass is 299 g/mol. The summed E-state index contributed by atoms with van der Waals surface area (Å²) in [6, 6.07) is 13.7. The van der Waals surface area contributed by atoms with E-state index in [9.17, 15) is 9.18 Å². The normalized spacial score (nSPS) is 10.6. The minimum Gasteiger partial charge on any atom is -0.496 e. The van der Waals surface area contributed by atoms with Crippen molar-refractivity contribution >= 4 is 12.0 Å². The summed E-state index contributed by atoms with van der Waals surface area (Å²) in [7, 11) is 1.59. The van der Waals surface area contributed by atoms with E-state index in [1.165, 1.54) is 18.2 Å². The molecule has 0 fully saturated rings. The van der Waals surface area contributed by atoms with Crippen molar-refractivity contribution in [2.75, 3.05) is 13.7 Å². The maximum Gasteiger partial charge on any atom is 0.244 e. The summed E-state index contributed by atoms with van der Waals surface area (Å²) in [6.45, 7) is 0.501. The Balaban J connectivity index is 1.82. The van der Waals surface area contributed by atoms with Crippen LogP contribution in [0.2, 0.25) is 0 Å². The first kappa shape index (κ1) is 15.8. The Kier molecular flexibility index (Phi) is 5.72. The van der Waals surface area contributed by atoms with Gasteiger partial charge in [-0.05, 0) is 36.3 Å². The molecular weight excluding hydrogens is 281 g/mol. The summed E-state index contributed by atoms with van der Waals surface area (Å²) in [5.41, 5.74) is 1.83. The van der Waals surface area contributed by atoms with Crippen molar-refractivity contribution < 1.29 is 13.9 Å². The van der Waals surface area contributed by atoms with Crippen molar-refractivity contribution in [3.63, 3.8) is 0 Å². The molecule has 3 nitrogen and oxygen atoms in total.